The van der Waals surface area contributed by atoms with E-state index in [2.05, 4.69) is 52.8 Å². The Morgan fingerprint density at radius 3 is 2.71 bits per heavy atom. The molecule has 2 aromatic heterocycles. The lowest BCUT2D eigenvalue weighted by atomic mass is 10.1. The predicted octanol–water partition coefficient (Wildman–Crippen LogP) is 3.01. The minimum absolute atomic E-state index is 0.193. The quantitative estimate of drug-likeness (QED) is 0.706. The number of aryl methyl sites for hydroxylation is 1. The number of rotatable bonds is 6. The molecule has 0 bridgehead atoms. The van der Waals surface area contributed by atoms with Crippen LogP contribution in [0.3, 0.4) is 0 Å². The van der Waals surface area contributed by atoms with Crippen LogP contribution in [0.4, 0.5) is 0 Å². The lowest BCUT2D eigenvalue weighted by molar-refractivity contribution is 0.530. The molecule has 3 rings (SSSR count). The number of benzene rings is 1. The smallest absolute Gasteiger partial charge is 0.160 e. The van der Waals surface area contributed by atoms with Gasteiger partial charge >= 0.3 is 0 Å². The van der Waals surface area contributed by atoms with E-state index in [4.69, 9.17) is 0 Å². The number of hydrogen-bond donors (Lipinski definition) is 1. The summed E-state index contributed by atoms with van der Waals surface area (Å²) in [5, 5.41) is 12.0. The molecule has 3 aromatic rings. The van der Waals surface area contributed by atoms with E-state index in [0.717, 1.165) is 30.9 Å². The summed E-state index contributed by atoms with van der Waals surface area (Å²) < 4.78 is 2.04. The fourth-order valence-electron chi connectivity index (χ4n) is 2.50. The normalized spacial score (nSPS) is 12.6. The Morgan fingerprint density at radius 1 is 1.05 bits per heavy atom. The van der Waals surface area contributed by atoms with Gasteiger partial charge in [-0.15, -0.1) is 10.2 Å². The summed E-state index contributed by atoms with van der Waals surface area (Å²) in [6.45, 7) is 3.10. The Bertz CT molecular complexity index is 690. The van der Waals surface area contributed by atoms with Crippen molar-refractivity contribution in [3.8, 4) is 0 Å². The van der Waals surface area contributed by atoms with E-state index in [-0.39, 0.29) is 6.04 Å². The summed E-state index contributed by atoms with van der Waals surface area (Å²) in [4.78, 5) is 0. The Hall–Kier alpha value is -2.20. The van der Waals surface area contributed by atoms with E-state index in [1.807, 2.05) is 28.8 Å². The first-order valence-corrected chi connectivity index (χ1v) is 7.41. The van der Waals surface area contributed by atoms with Gasteiger partial charge in [-0.25, -0.2) is 0 Å². The van der Waals surface area contributed by atoms with Gasteiger partial charge in [0.1, 0.15) is 0 Å². The van der Waals surface area contributed by atoms with Crippen LogP contribution in [0.2, 0.25) is 0 Å². The van der Waals surface area contributed by atoms with Crippen molar-refractivity contribution in [3.05, 3.63) is 66.1 Å². The van der Waals surface area contributed by atoms with Crippen molar-refractivity contribution < 1.29 is 0 Å². The fraction of sp³-hybridized carbons (Fsp3) is 0.294. The first kappa shape index (κ1) is 13.8. The maximum atomic E-state index is 4.28. The molecule has 0 aliphatic rings. The minimum atomic E-state index is 0.193. The first-order chi connectivity index (χ1) is 10.3. The van der Waals surface area contributed by atoms with E-state index >= 15 is 0 Å². The molecule has 0 aliphatic carbocycles. The van der Waals surface area contributed by atoms with Crippen molar-refractivity contribution in [2.75, 3.05) is 6.54 Å². The SMILES string of the molecule is CC(NCCCc1ccccc1)c1nnc2ccccn12. The topological polar surface area (TPSA) is 42.2 Å². The molecule has 0 spiro atoms. The molecule has 0 saturated carbocycles. The number of nitrogens with zero attached hydrogens (tertiary/aromatic N) is 3. The maximum absolute atomic E-state index is 4.28. The van der Waals surface area contributed by atoms with Gasteiger partial charge in [0.15, 0.2) is 11.5 Å². The van der Waals surface area contributed by atoms with Crippen molar-refractivity contribution in [1.82, 2.24) is 19.9 Å². The Morgan fingerprint density at radius 2 is 1.86 bits per heavy atom. The largest absolute Gasteiger partial charge is 0.307 e. The molecule has 1 N–H and O–H groups in total. The average molecular weight is 280 g/mol. The zero-order chi connectivity index (χ0) is 14.5. The molecule has 1 aromatic carbocycles. The van der Waals surface area contributed by atoms with E-state index in [0.29, 0.717) is 0 Å². The molecule has 108 valence electrons. The highest BCUT2D eigenvalue weighted by molar-refractivity contribution is 5.37. The van der Waals surface area contributed by atoms with Crippen LogP contribution >= 0.6 is 0 Å². The molecule has 4 heteroatoms. The molecular weight excluding hydrogens is 260 g/mol. The highest BCUT2D eigenvalue weighted by Crippen LogP contribution is 2.11. The number of pyridine rings is 1. The summed E-state index contributed by atoms with van der Waals surface area (Å²) >= 11 is 0. The molecular formula is C17H20N4. The molecule has 4 nitrogen and oxygen atoms in total. The van der Waals surface area contributed by atoms with Crippen molar-refractivity contribution in [3.63, 3.8) is 0 Å². The highest BCUT2D eigenvalue weighted by Gasteiger charge is 2.11. The number of hydrogen-bond acceptors (Lipinski definition) is 3. The van der Waals surface area contributed by atoms with E-state index in [9.17, 15) is 0 Å². The zero-order valence-corrected chi connectivity index (χ0v) is 12.2. The molecule has 21 heavy (non-hydrogen) atoms. The second-order valence-electron chi connectivity index (χ2n) is 5.25. The highest BCUT2D eigenvalue weighted by atomic mass is 15.3. The second kappa shape index (κ2) is 6.50. The predicted molar refractivity (Wildman–Crippen MR) is 84.2 cm³/mol. The van der Waals surface area contributed by atoms with E-state index in [1.165, 1.54) is 5.56 Å². The number of aromatic nitrogens is 3. The van der Waals surface area contributed by atoms with Gasteiger partial charge in [-0.2, -0.15) is 0 Å². The summed E-state index contributed by atoms with van der Waals surface area (Å²) in [5.41, 5.74) is 2.28. The van der Waals surface area contributed by atoms with Crippen molar-refractivity contribution >= 4 is 5.65 Å². The lowest BCUT2D eigenvalue weighted by Crippen LogP contribution is -2.22. The van der Waals surface area contributed by atoms with Gasteiger partial charge in [-0.1, -0.05) is 36.4 Å². The summed E-state index contributed by atoms with van der Waals surface area (Å²) in [5.74, 6) is 0.963. The summed E-state index contributed by atoms with van der Waals surface area (Å²) in [6.07, 6.45) is 4.22. The van der Waals surface area contributed by atoms with Crippen LogP contribution in [0.15, 0.2) is 54.7 Å². The van der Waals surface area contributed by atoms with Gasteiger partial charge in [-0.3, -0.25) is 4.40 Å². The minimum Gasteiger partial charge on any atom is -0.307 e. The maximum Gasteiger partial charge on any atom is 0.160 e. The van der Waals surface area contributed by atoms with E-state index in [1.54, 1.807) is 0 Å². The zero-order valence-electron chi connectivity index (χ0n) is 12.2. The van der Waals surface area contributed by atoms with Gasteiger partial charge in [-0.05, 0) is 44.0 Å². The van der Waals surface area contributed by atoms with Crippen LogP contribution in [0.25, 0.3) is 5.65 Å². The van der Waals surface area contributed by atoms with Crippen molar-refractivity contribution in [1.29, 1.82) is 0 Å². The third-order valence-electron chi connectivity index (χ3n) is 3.66. The lowest BCUT2D eigenvalue weighted by Gasteiger charge is -2.12. The Kier molecular flexibility index (Phi) is 4.26. The van der Waals surface area contributed by atoms with Gasteiger partial charge in [0.25, 0.3) is 0 Å². The molecule has 1 atom stereocenters. The van der Waals surface area contributed by atoms with Gasteiger partial charge < -0.3 is 5.32 Å². The number of fused-ring (bicyclic) bond motifs is 1. The van der Waals surface area contributed by atoms with Crippen molar-refractivity contribution in [2.24, 2.45) is 0 Å². The van der Waals surface area contributed by atoms with Crippen LogP contribution in [0.5, 0.6) is 0 Å². The third-order valence-corrected chi connectivity index (χ3v) is 3.66. The van der Waals surface area contributed by atoms with Crippen LogP contribution in [0.1, 0.15) is 30.8 Å². The molecule has 2 heterocycles. The fourth-order valence-corrected chi connectivity index (χ4v) is 2.50. The van der Waals surface area contributed by atoms with Crippen LogP contribution in [-0.4, -0.2) is 21.1 Å². The monoisotopic (exact) mass is 280 g/mol. The van der Waals surface area contributed by atoms with Crippen LogP contribution in [0, 0.1) is 0 Å². The molecule has 0 saturated heterocycles. The standard InChI is InChI=1S/C17H20N4/c1-14(17-20-19-16-11-5-6-13-21(16)17)18-12-7-10-15-8-3-2-4-9-15/h2-6,8-9,11,13-14,18H,7,10,12H2,1H3. The molecule has 0 amide bonds. The Labute approximate surface area is 124 Å². The summed E-state index contributed by atoms with van der Waals surface area (Å²) in [6, 6.07) is 16.7. The van der Waals surface area contributed by atoms with Crippen LogP contribution in [-0.2, 0) is 6.42 Å². The second-order valence-corrected chi connectivity index (χ2v) is 5.25. The van der Waals surface area contributed by atoms with Crippen molar-refractivity contribution in [2.45, 2.75) is 25.8 Å². The molecule has 0 fully saturated rings. The summed E-state index contributed by atoms with van der Waals surface area (Å²) in [7, 11) is 0. The van der Waals surface area contributed by atoms with Gasteiger partial charge in [0.05, 0.1) is 6.04 Å². The molecule has 0 radical (unpaired) electrons. The number of nitrogens with one attached hydrogen (secondary N) is 1. The van der Waals surface area contributed by atoms with Gasteiger partial charge in [0, 0.05) is 6.20 Å². The molecule has 1 unspecified atom stereocenters. The average Bonchev–Trinajstić information content (AvgIpc) is 2.96. The first-order valence-electron chi connectivity index (χ1n) is 7.41. The van der Waals surface area contributed by atoms with Gasteiger partial charge in [0.2, 0.25) is 0 Å². The van der Waals surface area contributed by atoms with Crippen LogP contribution < -0.4 is 5.32 Å². The molecule has 0 aliphatic heterocycles. The third kappa shape index (κ3) is 3.28. The Balaban J connectivity index is 1.53. The van der Waals surface area contributed by atoms with E-state index < -0.39 is 0 Å².